The van der Waals surface area contributed by atoms with Gasteiger partial charge >= 0.3 is 0 Å². The zero-order valence-electron chi connectivity index (χ0n) is 20.8. The highest BCUT2D eigenvalue weighted by atomic mass is 16.5. The van der Waals surface area contributed by atoms with Gasteiger partial charge in [0, 0.05) is 18.9 Å². The molecule has 186 valence electrons. The first-order chi connectivity index (χ1) is 17.8. The first-order valence-corrected chi connectivity index (χ1v) is 13.0. The van der Waals surface area contributed by atoms with Gasteiger partial charge in [0.05, 0.1) is 32.5 Å². The van der Waals surface area contributed by atoms with E-state index in [1.54, 1.807) is 0 Å². The van der Waals surface area contributed by atoms with Gasteiger partial charge in [-0.1, -0.05) is 78.9 Å². The molecule has 0 aliphatic carbocycles. The molecule has 0 amide bonds. The monoisotopic (exact) mass is 481 g/mol. The van der Waals surface area contributed by atoms with Crippen LogP contribution in [-0.2, 0) is 22.7 Å². The fraction of sp³-hybridized carbons (Fsp3) is 0.312. The lowest BCUT2D eigenvalue weighted by atomic mass is 9.87. The second kappa shape index (κ2) is 12.7. The number of rotatable bonds is 11. The van der Waals surface area contributed by atoms with Crippen molar-refractivity contribution in [3.8, 4) is 5.75 Å². The van der Waals surface area contributed by atoms with Crippen LogP contribution in [0.25, 0.3) is 10.8 Å². The van der Waals surface area contributed by atoms with E-state index in [4.69, 9.17) is 14.2 Å². The number of fused-ring (bicyclic) bond motifs is 1. The third-order valence-electron chi connectivity index (χ3n) is 6.83. The second-order valence-corrected chi connectivity index (χ2v) is 9.44. The third-order valence-corrected chi connectivity index (χ3v) is 6.83. The molecule has 4 aromatic rings. The van der Waals surface area contributed by atoms with Crippen molar-refractivity contribution in [2.75, 3.05) is 26.3 Å². The maximum Gasteiger partial charge on any atom is 0.119 e. The lowest BCUT2D eigenvalue weighted by molar-refractivity contribution is 0.0106. The summed E-state index contributed by atoms with van der Waals surface area (Å²) in [6.07, 6.45) is 2.12. The highest BCUT2D eigenvalue weighted by Crippen LogP contribution is 2.29. The van der Waals surface area contributed by atoms with Gasteiger partial charge in [-0.2, -0.15) is 0 Å². The smallest absolute Gasteiger partial charge is 0.119 e. The molecule has 0 unspecified atom stereocenters. The summed E-state index contributed by atoms with van der Waals surface area (Å²) in [5.74, 6) is 1.31. The van der Waals surface area contributed by atoms with E-state index in [0.717, 1.165) is 31.7 Å². The predicted octanol–water partition coefficient (Wildman–Crippen LogP) is 6.49. The second-order valence-electron chi connectivity index (χ2n) is 9.44. The number of hydrogen-bond acceptors (Lipinski definition) is 4. The Bertz CT molecular complexity index is 1210. The molecule has 5 rings (SSSR count). The van der Waals surface area contributed by atoms with Gasteiger partial charge in [-0.3, -0.25) is 0 Å². The van der Waals surface area contributed by atoms with Gasteiger partial charge < -0.3 is 19.5 Å². The Hall–Kier alpha value is -3.18. The number of piperidine rings is 1. The zero-order chi connectivity index (χ0) is 24.4. The van der Waals surface area contributed by atoms with Gasteiger partial charge in [0.1, 0.15) is 5.75 Å². The molecule has 36 heavy (non-hydrogen) atoms. The van der Waals surface area contributed by atoms with E-state index in [1.165, 1.54) is 27.5 Å². The van der Waals surface area contributed by atoms with Crippen LogP contribution in [0.3, 0.4) is 0 Å². The minimum absolute atomic E-state index is 0.164. The molecular formula is C32H35NO3. The van der Waals surface area contributed by atoms with Crippen LogP contribution in [-0.4, -0.2) is 32.4 Å². The van der Waals surface area contributed by atoms with Crippen LogP contribution in [0.4, 0.5) is 0 Å². The van der Waals surface area contributed by atoms with E-state index in [1.807, 2.05) is 30.3 Å². The van der Waals surface area contributed by atoms with Crippen LogP contribution in [0.2, 0.25) is 0 Å². The molecule has 0 bridgehead atoms. The Morgan fingerprint density at radius 3 is 2.36 bits per heavy atom. The SMILES string of the molecule is c1ccc(OCCCOCc2ccc([C@@H]3CCNC[C@H]3OCc3ccc4ccccc4c3)cc2)cc1. The molecule has 0 aromatic heterocycles. The molecule has 1 aliphatic heterocycles. The van der Waals surface area contributed by atoms with Gasteiger partial charge in [-0.05, 0) is 58.6 Å². The van der Waals surface area contributed by atoms with Crippen molar-refractivity contribution in [2.24, 2.45) is 0 Å². The molecule has 4 heteroatoms. The topological polar surface area (TPSA) is 39.7 Å². The fourth-order valence-corrected chi connectivity index (χ4v) is 4.84. The average molecular weight is 482 g/mol. The summed E-state index contributed by atoms with van der Waals surface area (Å²) in [4.78, 5) is 0. The lowest BCUT2D eigenvalue weighted by Gasteiger charge is -2.32. The highest BCUT2D eigenvalue weighted by molar-refractivity contribution is 5.82. The van der Waals surface area contributed by atoms with Crippen LogP contribution >= 0.6 is 0 Å². The predicted molar refractivity (Wildman–Crippen MR) is 145 cm³/mol. The number of para-hydroxylation sites is 1. The normalized spacial score (nSPS) is 17.8. The maximum absolute atomic E-state index is 6.45. The summed E-state index contributed by atoms with van der Waals surface area (Å²) in [6.45, 7) is 4.52. The van der Waals surface area contributed by atoms with Gasteiger partial charge in [0.25, 0.3) is 0 Å². The minimum atomic E-state index is 0.164. The van der Waals surface area contributed by atoms with E-state index in [-0.39, 0.29) is 6.10 Å². The van der Waals surface area contributed by atoms with Crippen molar-refractivity contribution in [3.05, 3.63) is 114 Å². The number of hydrogen-bond donors (Lipinski definition) is 1. The van der Waals surface area contributed by atoms with Crippen LogP contribution in [0.1, 0.15) is 35.4 Å². The molecular weight excluding hydrogens is 446 g/mol. The molecule has 1 heterocycles. The molecule has 2 atom stereocenters. The summed E-state index contributed by atoms with van der Waals surface area (Å²) in [5, 5.41) is 6.04. The van der Waals surface area contributed by atoms with Crippen LogP contribution < -0.4 is 10.1 Å². The van der Waals surface area contributed by atoms with Crippen molar-refractivity contribution in [1.29, 1.82) is 0 Å². The molecule has 1 aliphatic rings. The van der Waals surface area contributed by atoms with E-state index >= 15 is 0 Å². The number of ether oxygens (including phenoxy) is 3. The maximum atomic E-state index is 6.45. The molecule has 0 saturated carbocycles. The number of benzene rings is 4. The Labute approximate surface area is 214 Å². The Morgan fingerprint density at radius 2 is 1.50 bits per heavy atom. The van der Waals surface area contributed by atoms with E-state index in [0.29, 0.717) is 32.3 Å². The molecule has 4 nitrogen and oxygen atoms in total. The van der Waals surface area contributed by atoms with Crippen molar-refractivity contribution in [1.82, 2.24) is 5.32 Å². The average Bonchev–Trinajstić information content (AvgIpc) is 2.95. The van der Waals surface area contributed by atoms with E-state index in [2.05, 4.69) is 72.0 Å². The zero-order valence-corrected chi connectivity index (χ0v) is 20.8. The summed E-state index contributed by atoms with van der Waals surface area (Å²) >= 11 is 0. The Morgan fingerprint density at radius 1 is 0.722 bits per heavy atom. The van der Waals surface area contributed by atoms with E-state index < -0.39 is 0 Å². The first kappa shape index (κ1) is 24.5. The standard InChI is InChI=1S/C32H35NO3/c1-2-9-30(10-3-1)35-20-6-19-34-23-25-11-15-28(16-12-25)31-17-18-33-22-32(31)36-24-26-13-14-27-7-4-5-8-29(27)21-26/h1-5,7-16,21,31-33H,6,17-20,22-24H2/t31-,32+/m0/s1. The fourth-order valence-electron chi connectivity index (χ4n) is 4.84. The van der Waals surface area contributed by atoms with Crippen molar-refractivity contribution < 1.29 is 14.2 Å². The molecule has 1 N–H and O–H groups in total. The molecule has 1 saturated heterocycles. The molecule has 0 radical (unpaired) electrons. The molecule has 4 aromatic carbocycles. The van der Waals surface area contributed by atoms with Gasteiger partial charge in [-0.15, -0.1) is 0 Å². The van der Waals surface area contributed by atoms with Gasteiger partial charge in [-0.25, -0.2) is 0 Å². The summed E-state index contributed by atoms with van der Waals surface area (Å²) in [5.41, 5.74) is 3.77. The van der Waals surface area contributed by atoms with Crippen LogP contribution in [0.15, 0.2) is 97.1 Å². The highest BCUT2D eigenvalue weighted by Gasteiger charge is 2.27. The van der Waals surface area contributed by atoms with Crippen molar-refractivity contribution >= 4 is 10.8 Å². The first-order valence-electron chi connectivity index (χ1n) is 13.0. The Kier molecular flexibility index (Phi) is 8.63. The lowest BCUT2D eigenvalue weighted by Crippen LogP contribution is -2.40. The van der Waals surface area contributed by atoms with Crippen molar-refractivity contribution in [2.45, 2.75) is 38.1 Å². The van der Waals surface area contributed by atoms with Crippen LogP contribution in [0.5, 0.6) is 5.75 Å². The Balaban J connectivity index is 1.09. The summed E-state index contributed by atoms with van der Waals surface area (Å²) in [6, 6.07) is 33.9. The van der Waals surface area contributed by atoms with Gasteiger partial charge in [0.15, 0.2) is 0 Å². The minimum Gasteiger partial charge on any atom is -0.494 e. The molecule has 0 spiro atoms. The summed E-state index contributed by atoms with van der Waals surface area (Å²) in [7, 11) is 0. The third kappa shape index (κ3) is 6.73. The van der Waals surface area contributed by atoms with Gasteiger partial charge in [0.2, 0.25) is 0 Å². The van der Waals surface area contributed by atoms with E-state index in [9.17, 15) is 0 Å². The number of nitrogens with one attached hydrogen (secondary N) is 1. The largest absolute Gasteiger partial charge is 0.494 e. The quantitative estimate of drug-likeness (QED) is 0.249. The molecule has 1 fully saturated rings. The van der Waals surface area contributed by atoms with Crippen molar-refractivity contribution in [3.63, 3.8) is 0 Å². The summed E-state index contributed by atoms with van der Waals surface area (Å²) < 4.78 is 18.0. The van der Waals surface area contributed by atoms with Crippen LogP contribution in [0, 0.1) is 0 Å².